The summed E-state index contributed by atoms with van der Waals surface area (Å²) in [6, 6.07) is 17.4. The second kappa shape index (κ2) is 11.8. The van der Waals surface area contributed by atoms with Gasteiger partial charge in [-0.1, -0.05) is 30.3 Å². The molecule has 1 aromatic heterocycles. The van der Waals surface area contributed by atoms with Crippen LogP contribution in [0.5, 0.6) is 5.75 Å². The van der Waals surface area contributed by atoms with E-state index >= 15 is 8.78 Å². The predicted molar refractivity (Wildman–Crippen MR) is 161 cm³/mol. The molecule has 0 radical (unpaired) electrons. The fourth-order valence-corrected chi connectivity index (χ4v) is 7.32. The highest BCUT2D eigenvalue weighted by Gasteiger charge is 2.36. The lowest BCUT2D eigenvalue weighted by Gasteiger charge is -2.34. The molecule has 2 fully saturated rings. The molecule has 0 unspecified atom stereocenters. The van der Waals surface area contributed by atoms with Crippen LogP contribution in [-0.2, 0) is 14.1 Å². The van der Waals surface area contributed by atoms with Crippen molar-refractivity contribution in [3.8, 4) is 17.1 Å². The molecule has 0 bridgehead atoms. The van der Waals surface area contributed by atoms with E-state index in [0.717, 1.165) is 22.6 Å². The minimum Gasteiger partial charge on any atom is -0.456 e. The van der Waals surface area contributed by atoms with E-state index < -0.39 is 31.2 Å². The molecular weight excluding hydrogens is 595 g/mol. The largest absolute Gasteiger partial charge is 0.456 e. The highest BCUT2D eigenvalue weighted by atomic mass is 31.2. The molecule has 228 valence electrons. The van der Waals surface area contributed by atoms with E-state index in [2.05, 4.69) is 5.32 Å². The minimum absolute atomic E-state index is 0.0123. The summed E-state index contributed by atoms with van der Waals surface area (Å²) in [5.41, 5.74) is 0.540. The first-order valence-electron chi connectivity index (χ1n) is 14.0. The molecule has 2 amide bonds. The fourth-order valence-electron chi connectivity index (χ4n) is 5.32. The van der Waals surface area contributed by atoms with Gasteiger partial charge in [0.1, 0.15) is 28.9 Å². The predicted octanol–water partition coefficient (Wildman–Crippen LogP) is 5.38. The molecule has 0 aliphatic carbocycles. The first-order valence-corrected chi connectivity index (χ1v) is 16.0. The van der Waals surface area contributed by atoms with E-state index in [1.807, 2.05) is 30.3 Å². The number of nitrogens with zero attached hydrogens (tertiary/aromatic N) is 2. The molecular formula is C31H28F2N3O7P. The number of cyclic esters (lactones) is 1. The number of fused-ring (bicyclic) bond motifs is 1. The molecule has 0 saturated carbocycles. The van der Waals surface area contributed by atoms with Crippen molar-refractivity contribution in [2.75, 3.05) is 48.3 Å². The van der Waals surface area contributed by atoms with E-state index in [1.54, 1.807) is 12.1 Å². The van der Waals surface area contributed by atoms with Crippen LogP contribution in [0.4, 0.5) is 25.0 Å². The maximum atomic E-state index is 15.2. The normalized spacial score (nSPS) is 17.9. The summed E-state index contributed by atoms with van der Waals surface area (Å²) >= 11 is 0. The Morgan fingerprint density at radius 1 is 1.02 bits per heavy atom. The quantitative estimate of drug-likeness (QED) is 0.273. The van der Waals surface area contributed by atoms with E-state index in [0.29, 0.717) is 11.3 Å². The zero-order valence-corrected chi connectivity index (χ0v) is 24.5. The van der Waals surface area contributed by atoms with E-state index in [-0.39, 0.29) is 72.3 Å². The van der Waals surface area contributed by atoms with Gasteiger partial charge in [0.15, 0.2) is 17.1 Å². The number of halogens is 2. The molecule has 3 heterocycles. The van der Waals surface area contributed by atoms with Gasteiger partial charge in [0, 0.05) is 43.8 Å². The Morgan fingerprint density at radius 2 is 1.73 bits per heavy atom. The first-order chi connectivity index (χ1) is 21.1. The monoisotopic (exact) mass is 623 g/mol. The number of hydrogen-bond donors (Lipinski definition) is 1. The molecule has 0 spiro atoms. The molecule has 10 nitrogen and oxygen atoms in total. The van der Waals surface area contributed by atoms with Crippen molar-refractivity contribution in [1.29, 1.82) is 0 Å². The van der Waals surface area contributed by atoms with E-state index in [9.17, 15) is 18.9 Å². The van der Waals surface area contributed by atoms with Crippen LogP contribution < -0.4 is 25.1 Å². The topological polar surface area (TPSA) is 118 Å². The molecule has 4 aromatic rings. The summed E-state index contributed by atoms with van der Waals surface area (Å²) in [6.07, 6.45) is -1.38. The molecule has 3 aromatic carbocycles. The third kappa shape index (κ3) is 6.03. The Morgan fingerprint density at radius 3 is 2.41 bits per heavy atom. The maximum Gasteiger partial charge on any atom is 0.414 e. The maximum absolute atomic E-state index is 15.2. The molecule has 44 heavy (non-hydrogen) atoms. The Labute approximate surface area is 250 Å². The van der Waals surface area contributed by atoms with Crippen molar-refractivity contribution in [3.05, 3.63) is 88.6 Å². The number of carbonyl (C=O) groups excluding carboxylic acids is 2. The lowest BCUT2D eigenvalue weighted by molar-refractivity contribution is -0.119. The van der Waals surface area contributed by atoms with Gasteiger partial charge >= 0.3 is 6.09 Å². The van der Waals surface area contributed by atoms with Gasteiger partial charge in [0.2, 0.25) is 5.91 Å². The first kappa shape index (κ1) is 29.4. The molecule has 2 aliphatic rings. The zero-order valence-electron chi connectivity index (χ0n) is 23.6. The van der Waals surface area contributed by atoms with E-state index in [4.69, 9.17) is 13.7 Å². The van der Waals surface area contributed by atoms with Crippen molar-refractivity contribution in [1.82, 2.24) is 5.32 Å². The van der Waals surface area contributed by atoms with Crippen LogP contribution in [0.15, 0.2) is 75.9 Å². The summed E-state index contributed by atoms with van der Waals surface area (Å²) in [4.78, 5) is 38.8. The van der Waals surface area contributed by atoms with Crippen LogP contribution in [0.2, 0.25) is 0 Å². The summed E-state index contributed by atoms with van der Waals surface area (Å²) < 4.78 is 61.0. The van der Waals surface area contributed by atoms with Gasteiger partial charge in [-0.25, -0.2) is 13.6 Å². The summed E-state index contributed by atoms with van der Waals surface area (Å²) in [5.74, 6) is -1.39. The van der Waals surface area contributed by atoms with Crippen LogP contribution in [0.1, 0.15) is 6.92 Å². The number of benzene rings is 3. The van der Waals surface area contributed by atoms with Crippen LogP contribution in [0.3, 0.4) is 0 Å². The zero-order chi connectivity index (χ0) is 31.0. The van der Waals surface area contributed by atoms with Gasteiger partial charge in [-0.05, 0) is 18.2 Å². The summed E-state index contributed by atoms with van der Waals surface area (Å²) in [7, 11) is -3.25. The Balaban J connectivity index is 1.13. The lowest BCUT2D eigenvalue weighted by atomic mass is 10.1. The lowest BCUT2D eigenvalue weighted by Crippen LogP contribution is -2.37. The Hall–Kier alpha value is -4.70. The standard InChI is InChI=1S/C31H28F2N3O7P/c1-19(37)34-17-23-18-36(31(39)41-23)21-13-25(32)30(26(33)14-21)35-9-11-44(40,12-10-35)43-22-7-8-28-24(15-22)27(38)16-29(42-28)20-5-3-2-4-6-20/h2-8,13-16,23H,9-12,17-18H2,1H3,(H,34,37)/t23-/m0/s1. The van der Waals surface area contributed by atoms with Gasteiger partial charge in [-0.15, -0.1) is 0 Å². The van der Waals surface area contributed by atoms with Crippen molar-refractivity contribution in [3.63, 3.8) is 0 Å². The van der Waals surface area contributed by atoms with Gasteiger partial charge < -0.3 is 23.9 Å². The minimum atomic E-state index is -3.25. The second-order valence-electron chi connectivity index (χ2n) is 10.7. The number of rotatable bonds is 7. The van der Waals surface area contributed by atoms with Gasteiger partial charge in [-0.3, -0.25) is 19.1 Å². The Bertz CT molecular complexity index is 1830. The van der Waals surface area contributed by atoms with E-state index in [1.165, 1.54) is 24.0 Å². The number of anilines is 2. The van der Waals surface area contributed by atoms with Crippen LogP contribution in [-0.4, -0.2) is 56.6 Å². The number of carbonyl (C=O) groups is 2. The molecule has 2 aliphatic heterocycles. The fraction of sp³-hybridized carbons (Fsp3) is 0.258. The number of ether oxygens (including phenoxy) is 1. The smallest absolute Gasteiger partial charge is 0.414 e. The highest BCUT2D eigenvalue weighted by Crippen LogP contribution is 2.50. The average molecular weight is 624 g/mol. The number of amides is 2. The van der Waals surface area contributed by atoms with Crippen LogP contribution >= 0.6 is 7.37 Å². The molecule has 6 rings (SSSR count). The van der Waals surface area contributed by atoms with Gasteiger partial charge in [-0.2, -0.15) is 0 Å². The number of hydrogen-bond acceptors (Lipinski definition) is 8. The van der Waals surface area contributed by atoms with Crippen molar-refractivity contribution >= 4 is 41.7 Å². The molecule has 1 atom stereocenters. The molecule has 2 saturated heterocycles. The third-order valence-electron chi connectivity index (χ3n) is 7.53. The molecule has 13 heteroatoms. The molecule has 1 N–H and O–H groups in total. The van der Waals surface area contributed by atoms with Crippen molar-refractivity contribution < 1.29 is 36.6 Å². The van der Waals surface area contributed by atoms with Crippen molar-refractivity contribution in [2.45, 2.75) is 13.0 Å². The summed E-state index contributed by atoms with van der Waals surface area (Å²) in [5, 5.41) is 2.82. The third-order valence-corrected chi connectivity index (χ3v) is 9.84. The highest BCUT2D eigenvalue weighted by molar-refractivity contribution is 7.59. The van der Waals surface area contributed by atoms with Gasteiger partial charge in [0.25, 0.3) is 7.37 Å². The number of nitrogens with one attached hydrogen (secondary N) is 1. The van der Waals surface area contributed by atoms with Gasteiger partial charge in [0.05, 0.1) is 36.5 Å². The second-order valence-corrected chi connectivity index (χ2v) is 13.4. The van der Waals surface area contributed by atoms with Crippen LogP contribution in [0.25, 0.3) is 22.3 Å². The summed E-state index contributed by atoms with van der Waals surface area (Å²) in [6.45, 7) is 1.55. The van der Waals surface area contributed by atoms with Crippen molar-refractivity contribution in [2.24, 2.45) is 0 Å². The Kier molecular flexibility index (Phi) is 7.85. The SMILES string of the molecule is CC(=O)NC[C@H]1CN(c2cc(F)c(N3CCP(=O)(Oc4ccc5oc(-c6ccccc6)cc(=O)c5c4)CC3)c(F)c2)C(=O)O1. The van der Waals surface area contributed by atoms with Crippen LogP contribution in [0, 0.1) is 11.6 Å². The average Bonchev–Trinajstić information content (AvgIpc) is 3.37.